The van der Waals surface area contributed by atoms with Crippen molar-refractivity contribution in [3.8, 4) is 0 Å². The molecular weight excluding hydrogens is 258 g/mol. The predicted octanol–water partition coefficient (Wildman–Crippen LogP) is 0.732. The van der Waals surface area contributed by atoms with Crippen LogP contribution in [-0.2, 0) is 20.8 Å². The molecule has 0 fully saturated rings. The van der Waals surface area contributed by atoms with E-state index in [1.54, 1.807) is 7.11 Å². The molecule has 0 saturated heterocycles. The largest absolute Gasteiger partial charge is 0.382 e. The normalized spacial score (nSPS) is 12.5. The Morgan fingerprint density at radius 1 is 1.40 bits per heavy atom. The van der Waals surface area contributed by atoms with Gasteiger partial charge < -0.3 is 15.5 Å². The third-order valence-electron chi connectivity index (χ3n) is 3.01. The number of hydroxylamine groups is 1. The molecule has 1 amide bonds. The standard InChI is InChI=1S/C14H19N3O3/c1-19-6-7-20-17-14(18)12(15)8-10-9-16-13-5-3-2-4-11(10)13/h2-5,9,12,16H,6-8,15H2,1H3,(H,17,18)/t12-/m1/s1. The Kier molecular flexibility index (Phi) is 5.11. The number of carbonyl (C=O) groups excluding carboxylic acids is 1. The molecule has 0 aliphatic carbocycles. The van der Waals surface area contributed by atoms with E-state index < -0.39 is 6.04 Å². The molecule has 108 valence electrons. The van der Waals surface area contributed by atoms with Crippen LogP contribution >= 0.6 is 0 Å². The van der Waals surface area contributed by atoms with Crippen molar-refractivity contribution in [3.05, 3.63) is 36.0 Å². The number of methoxy groups -OCH3 is 1. The highest BCUT2D eigenvalue weighted by Crippen LogP contribution is 2.18. The van der Waals surface area contributed by atoms with Gasteiger partial charge in [0.25, 0.3) is 5.91 Å². The summed E-state index contributed by atoms with van der Waals surface area (Å²) < 4.78 is 4.81. The van der Waals surface area contributed by atoms with Gasteiger partial charge in [0.1, 0.15) is 0 Å². The minimum Gasteiger partial charge on any atom is -0.382 e. The fraction of sp³-hybridized carbons (Fsp3) is 0.357. The molecule has 1 heterocycles. The number of hydrogen-bond acceptors (Lipinski definition) is 4. The Balaban J connectivity index is 1.90. The van der Waals surface area contributed by atoms with Crippen LogP contribution in [0.3, 0.4) is 0 Å². The molecule has 0 radical (unpaired) electrons. The van der Waals surface area contributed by atoms with E-state index in [2.05, 4.69) is 10.5 Å². The van der Waals surface area contributed by atoms with E-state index in [0.29, 0.717) is 19.6 Å². The Bertz CT molecular complexity index is 568. The Hall–Kier alpha value is -1.89. The summed E-state index contributed by atoms with van der Waals surface area (Å²) in [6.45, 7) is 0.708. The molecule has 1 aromatic heterocycles. The highest BCUT2D eigenvalue weighted by Gasteiger charge is 2.16. The monoisotopic (exact) mass is 277 g/mol. The van der Waals surface area contributed by atoms with Crippen LogP contribution in [0.1, 0.15) is 5.56 Å². The molecule has 1 atom stereocenters. The van der Waals surface area contributed by atoms with Crippen LogP contribution in [0.5, 0.6) is 0 Å². The molecule has 2 rings (SSSR count). The van der Waals surface area contributed by atoms with E-state index in [9.17, 15) is 4.79 Å². The smallest absolute Gasteiger partial charge is 0.260 e. The van der Waals surface area contributed by atoms with E-state index in [0.717, 1.165) is 16.5 Å². The van der Waals surface area contributed by atoms with Crippen LogP contribution in [0.25, 0.3) is 10.9 Å². The van der Waals surface area contributed by atoms with Crippen LogP contribution in [0.2, 0.25) is 0 Å². The van der Waals surface area contributed by atoms with Crippen molar-refractivity contribution in [2.75, 3.05) is 20.3 Å². The number of para-hydroxylation sites is 1. The fourth-order valence-electron chi connectivity index (χ4n) is 1.95. The molecule has 0 saturated carbocycles. The topological polar surface area (TPSA) is 89.4 Å². The molecule has 6 nitrogen and oxygen atoms in total. The van der Waals surface area contributed by atoms with Crippen molar-refractivity contribution in [2.45, 2.75) is 12.5 Å². The van der Waals surface area contributed by atoms with Gasteiger partial charge >= 0.3 is 0 Å². The number of benzene rings is 1. The van der Waals surface area contributed by atoms with Crippen LogP contribution in [0.4, 0.5) is 0 Å². The van der Waals surface area contributed by atoms with E-state index in [1.165, 1.54) is 0 Å². The van der Waals surface area contributed by atoms with Gasteiger partial charge in [-0.15, -0.1) is 0 Å². The average molecular weight is 277 g/mol. The minimum atomic E-state index is -0.656. The molecule has 0 spiro atoms. The van der Waals surface area contributed by atoms with Gasteiger partial charge in [-0.2, -0.15) is 0 Å². The summed E-state index contributed by atoms with van der Waals surface area (Å²) in [6, 6.07) is 7.24. The van der Waals surface area contributed by atoms with Crippen molar-refractivity contribution in [3.63, 3.8) is 0 Å². The van der Waals surface area contributed by atoms with Gasteiger partial charge in [0.15, 0.2) is 0 Å². The maximum Gasteiger partial charge on any atom is 0.260 e. The lowest BCUT2D eigenvalue weighted by Crippen LogP contribution is -2.42. The predicted molar refractivity (Wildman–Crippen MR) is 75.9 cm³/mol. The first-order valence-corrected chi connectivity index (χ1v) is 6.43. The zero-order chi connectivity index (χ0) is 14.4. The lowest BCUT2D eigenvalue weighted by atomic mass is 10.1. The maximum absolute atomic E-state index is 11.8. The summed E-state index contributed by atoms with van der Waals surface area (Å²) >= 11 is 0. The zero-order valence-corrected chi connectivity index (χ0v) is 11.4. The first kappa shape index (κ1) is 14.5. The van der Waals surface area contributed by atoms with E-state index in [4.69, 9.17) is 15.3 Å². The minimum absolute atomic E-state index is 0.294. The van der Waals surface area contributed by atoms with Crippen molar-refractivity contribution >= 4 is 16.8 Å². The number of carbonyl (C=O) groups is 1. The average Bonchev–Trinajstić information content (AvgIpc) is 2.87. The second-order valence-corrected chi connectivity index (χ2v) is 4.48. The zero-order valence-electron chi connectivity index (χ0n) is 11.4. The molecule has 0 aliphatic rings. The first-order valence-electron chi connectivity index (χ1n) is 6.43. The number of nitrogens with one attached hydrogen (secondary N) is 2. The van der Waals surface area contributed by atoms with Crippen molar-refractivity contribution < 1.29 is 14.4 Å². The number of fused-ring (bicyclic) bond motifs is 1. The summed E-state index contributed by atoms with van der Waals surface area (Å²) in [5.41, 5.74) is 10.2. The summed E-state index contributed by atoms with van der Waals surface area (Å²) in [6.07, 6.45) is 2.33. The molecule has 2 aromatic rings. The lowest BCUT2D eigenvalue weighted by Gasteiger charge is -2.11. The molecule has 0 aliphatic heterocycles. The van der Waals surface area contributed by atoms with E-state index in [-0.39, 0.29) is 5.91 Å². The van der Waals surface area contributed by atoms with E-state index in [1.807, 2.05) is 30.5 Å². The molecule has 0 bridgehead atoms. The number of aromatic nitrogens is 1. The molecule has 0 unspecified atom stereocenters. The number of nitrogens with two attached hydrogens (primary N) is 1. The molecular formula is C14H19N3O3. The Labute approximate surface area is 117 Å². The Morgan fingerprint density at radius 2 is 2.20 bits per heavy atom. The number of aromatic amines is 1. The highest BCUT2D eigenvalue weighted by molar-refractivity contribution is 5.85. The van der Waals surface area contributed by atoms with Crippen molar-refractivity contribution in [1.29, 1.82) is 0 Å². The molecule has 6 heteroatoms. The highest BCUT2D eigenvalue weighted by atomic mass is 16.7. The van der Waals surface area contributed by atoms with Gasteiger partial charge in [0.2, 0.25) is 0 Å². The third-order valence-corrected chi connectivity index (χ3v) is 3.01. The summed E-state index contributed by atoms with van der Waals surface area (Å²) in [5, 5.41) is 1.08. The van der Waals surface area contributed by atoms with Crippen LogP contribution < -0.4 is 11.2 Å². The SMILES string of the molecule is COCCONC(=O)[C@H](N)Cc1c[nH]c2ccccc12. The molecule has 1 aromatic carbocycles. The summed E-state index contributed by atoms with van der Waals surface area (Å²) in [7, 11) is 1.56. The summed E-state index contributed by atoms with van der Waals surface area (Å²) in [5.74, 6) is -0.341. The van der Waals surface area contributed by atoms with Gasteiger partial charge in [0, 0.05) is 24.2 Å². The first-order chi connectivity index (χ1) is 9.72. The third kappa shape index (κ3) is 3.57. The van der Waals surface area contributed by atoms with Gasteiger partial charge in [-0.25, -0.2) is 5.48 Å². The maximum atomic E-state index is 11.8. The van der Waals surface area contributed by atoms with Crippen LogP contribution in [0, 0.1) is 0 Å². The second kappa shape index (κ2) is 7.04. The van der Waals surface area contributed by atoms with Gasteiger partial charge in [-0.1, -0.05) is 18.2 Å². The Morgan fingerprint density at radius 3 is 3.00 bits per heavy atom. The van der Waals surface area contributed by atoms with E-state index >= 15 is 0 Å². The second-order valence-electron chi connectivity index (χ2n) is 4.48. The van der Waals surface area contributed by atoms with Crippen LogP contribution in [-0.4, -0.2) is 37.3 Å². The molecule has 4 N–H and O–H groups in total. The van der Waals surface area contributed by atoms with Crippen molar-refractivity contribution in [1.82, 2.24) is 10.5 Å². The van der Waals surface area contributed by atoms with Gasteiger partial charge in [-0.05, 0) is 18.1 Å². The van der Waals surface area contributed by atoms with Gasteiger partial charge in [-0.3, -0.25) is 9.63 Å². The van der Waals surface area contributed by atoms with Gasteiger partial charge in [0.05, 0.1) is 19.3 Å². The number of amides is 1. The number of H-pyrrole nitrogens is 1. The fourth-order valence-corrected chi connectivity index (χ4v) is 1.95. The molecule has 20 heavy (non-hydrogen) atoms. The van der Waals surface area contributed by atoms with Crippen LogP contribution in [0.15, 0.2) is 30.5 Å². The lowest BCUT2D eigenvalue weighted by molar-refractivity contribution is -0.135. The van der Waals surface area contributed by atoms with Crippen molar-refractivity contribution in [2.24, 2.45) is 5.73 Å². The number of ether oxygens (including phenoxy) is 1. The summed E-state index contributed by atoms with van der Waals surface area (Å²) in [4.78, 5) is 19.9. The quantitative estimate of drug-likeness (QED) is 0.514. The number of hydrogen-bond donors (Lipinski definition) is 3. The number of rotatable bonds is 7.